The van der Waals surface area contributed by atoms with Gasteiger partial charge in [0, 0.05) is 47.9 Å². The van der Waals surface area contributed by atoms with Crippen molar-refractivity contribution in [3.8, 4) is 22.3 Å². The maximum atomic E-state index is 14.1. The van der Waals surface area contributed by atoms with E-state index in [1.807, 2.05) is 88.7 Å². The normalized spacial score (nSPS) is 20.5. The van der Waals surface area contributed by atoms with Gasteiger partial charge in [0.2, 0.25) is 17.7 Å². The second-order valence-corrected chi connectivity index (χ2v) is 21.9. The van der Waals surface area contributed by atoms with E-state index in [1.54, 1.807) is 29.5 Å². The van der Waals surface area contributed by atoms with Crippen molar-refractivity contribution in [3.63, 3.8) is 0 Å². The third kappa shape index (κ3) is 12.1. The van der Waals surface area contributed by atoms with E-state index >= 15 is 0 Å². The minimum Gasteiger partial charge on any atom is -0.489 e. The number of amides is 4. The second kappa shape index (κ2) is 21.3. The van der Waals surface area contributed by atoms with Crippen molar-refractivity contribution in [2.24, 2.45) is 16.2 Å². The number of rotatable bonds is 18. The van der Waals surface area contributed by atoms with E-state index in [-0.39, 0.29) is 72.0 Å². The standard InChI is InChI=1S/C53H67ClN6O6S/c1-32(35-21-23-36(24-22-35)44-33(2)56-31-67-44)57-47(64)42-27-39(61)30-60(42)48(65)45(51(3,4)5)58-43(62)16-14-12-10-11-13-15-34-17-19-37(20-18-34)46(63)59-49-52(6,7)50(53(49,8)9)66-40-26-25-38(29-55)41(54)28-40/h17-26,28,31-32,39,42,45,49-50,61H,10-16,27,30H2,1-9H3,(H,57,64)(H,58,62)(H,59,63)/t32-,39+,42-,45?,49?,50?/m0/s1. The van der Waals surface area contributed by atoms with Gasteiger partial charge in [-0.05, 0) is 79.5 Å². The van der Waals surface area contributed by atoms with Crippen molar-refractivity contribution in [2.75, 3.05) is 6.54 Å². The summed E-state index contributed by atoms with van der Waals surface area (Å²) in [6, 6.07) is 20.7. The number of nitriles is 1. The van der Waals surface area contributed by atoms with Crippen LogP contribution in [0.1, 0.15) is 139 Å². The highest BCUT2D eigenvalue weighted by atomic mass is 35.5. The Hall–Kier alpha value is -5.29. The number of hydrogen-bond donors (Lipinski definition) is 4. The summed E-state index contributed by atoms with van der Waals surface area (Å²) >= 11 is 7.83. The summed E-state index contributed by atoms with van der Waals surface area (Å²) < 4.78 is 6.37. The monoisotopic (exact) mass is 950 g/mol. The molecule has 0 radical (unpaired) electrons. The van der Waals surface area contributed by atoms with Gasteiger partial charge in [-0.2, -0.15) is 5.26 Å². The molecule has 4 amide bonds. The number of nitrogens with zero attached hydrogens (tertiary/aromatic N) is 3. The Bertz CT molecular complexity index is 2420. The van der Waals surface area contributed by atoms with E-state index in [1.165, 1.54) is 4.90 Å². The van der Waals surface area contributed by atoms with Crippen molar-refractivity contribution in [2.45, 2.75) is 150 Å². The average Bonchev–Trinajstić information content (AvgIpc) is 3.90. The molecule has 1 aromatic heterocycles. The maximum absolute atomic E-state index is 14.1. The molecular weight excluding hydrogens is 884 g/mol. The quantitative estimate of drug-likeness (QED) is 0.0714. The van der Waals surface area contributed by atoms with Crippen LogP contribution in [0.15, 0.2) is 72.2 Å². The molecule has 4 atom stereocenters. The number of hydrogen-bond acceptors (Lipinski definition) is 9. The highest BCUT2D eigenvalue weighted by Crippen LogP contribution is 2.55. The van der Waals surface area contributed by atoms with Gasteiger partial charge < -0.3 is 30.7 Å². The van der Waals surface area contributed by atoms with Crippen LogP contribution in [0, 0.1) is 34.5 Å². The lowest BCUT2D eigenvalue weighted by Crippen LogP contribution is -2.74. The topological polar surface area (TPSA) is 174 Å². The number of β-amino-alcohol motifs (C(OH)–C–C–N with tert-alkyl or cyclic N) is 1. The van der Waals surface area contributed by atoms with E-state index in [0.717, 1.165) is 59.4 Å². The Morgan fingerprint density at radius 2 is 1.61 bits per heavy atom. The number of halogens is 1. The SMILES string of the molecule is Cc1ncsc1-c1ccc([C@H](C)NC(=O)[C@@H]2C[C@@H](O)CN2C(=O)C(NC(=O)CCCCCCCc2ccc(C(=O)NC3C(C)(C)C(Oc4ccc(C#N)c(Cl)c4)C3(C)C)cc2)C(C)(C)C)cc1. The van der Waals surface area contributed by atoms with Gasteiger partial charge in [0.15, 0.2) is 0 Å². The lowest BCUT2D eigenvalue weighted by molar-refractivity contribution is -0.164. The minimum atomic E-state index is -0.872. The first kappa shape index (κ1) is 51.1. The van der Waals surface area contributed by atoms with Crippen LogP contribution in [0.5, 0.6) is 5.75 Å². The van der Waals surface area contributed by atoms with Gasteiger partial charge in [-0.3, -0.25) is 19.2 Å². The van der Waals surface area contributed by atoms with Crippen LogP contribution in [0.2, 0.25) is 5.02 Å². The smallest absolute Gasteiger partial charge is 0.251 e. The Morgan fingerprint density at radius 3 is 2.22 bits per heavy atom. The summed E-state index contributed by atoms with van der Waals surface area (Å²) in [5.74, 6) is -0.472. The maximum Gasteiger partial charge on any atom is 0.251 e. The molecule has 2 aliphatic rings. The van der Waals surface area contributed by atoms with Crippen LogP contribution in [0.3, 0.4) is 0 Å². The fourth-order valence-corrected chi connectivity index (χ4v) is 11.1. The number of benzene rings is 3. The van der Waals surface area contributed by atoms with E-state index in [9.17, 15) is 29.5 Å². The molecule has 6 rings (SSSR count). The molecule has 1 aliphatic heterocycles. The third-order valence-corrected chi connectivity index (χ3v) is 14.9. The predicted octanol–water partition coefficient (Wildman–Crippen LogP) is 9.51. The molecule has 1 aliphatic carbocycles. The largest absolute Gasteiger partial charge is 0.489 e. The number of aromatic nitrogens is 1. The molecule has 2 heterocycles. The Morgan fingerprint density at radius 1 is 0.955 bits per heavy atom. The van der Waals surface area contributed by atoms with Crippen molar-refractivity contribution in [1.29, 1.82) is 5.26 Å². The Labute approximate surface area is 405 Å². The molecule has 358 valence electrons. The summed E-state index contributed by atoms with van der Waals surface area (Å²) in [5, 5.41) is 29.5. The number of aliphatic hydroxyl groups excluding tert-OH is 1. The zero-order valence-corrected chi connectivity index (χ0v) is 41.9. The van der Waals surface area contributed by atoms with Crippen LogP contribution in [0.4, 0.5) is 0 Å². The number of aryl methyl sites for hydroxylation is 2. The molecule has 0 bridgehead atoms. The van der Waals surface area contributed by atoms with Gasteiger partial charge in [0.25, 0.3) is 5.91 Å². The molecule has 4 aromatic rings. The van der Waals surface area contributed by atoms with E-state index in [2.05, 4.69) is 54.7 Å². The van der Waals surface area contributed by atoms with E-state index < -0.39 is 23.6 Å². The zero-order chi connectivity index (χ0) is 48.8. The first-order valence-electron chi connectivity index (χ1n) is 23.5. The molecular formula is C53H67ClN6O6S. The minimum absolute atomic E-state index is 0.0185. The highest BCUT2D eigenvalue weighted by molar-refractivity contribution is 7.13. The molecule has 4 N–H and O–H groups in total. The first-order valence-corrected chi connectivity index (χ1v) is 24.7. The number of unbranched alkanes of at least 4 members (excludes halogenated alkanes) is 4. The van der Waals surface area contributed by atoms with Crippen molar-refractivity contribution in [1.82, 2.24) is 25.8 Å². The summed E-state index contributed by atoms with van der Waals surface area (Å²) in [6.07, 6.45) is 4.72. The summed E-state index contributed by atoms with van der Waals surface area (Å²) in [5.41, 5.74) is 5.55. The Kier molecular flexibility index (Phi) is 16.3. The second-order valence-electron chi connectivity index (χ2n) is 20.6. The molecule has 2 fully saturated rings. The Balaban J connectivity index is 0.906. The van der Waals surface area contributed by atoms with Gasteiger partial charge in [0.1, 0.15) is 30.0 Å². The van der Waals surface area contributed by atoms with Gasteiger partial charge in [-0.15, -0.1) is 11.3 Å². The number of carbonyl (C=O) groups excluding carboxylic acids is 4. The third-order valence-electron chi connectivity index (χ3n) is 13.6. The molecule has 0 spiro atoms. The van der Waals surface area contributed by atoms with E-state index in [4.69, 9.17) is 16.3 Å². The average molecular weight is 952 g/mol. The molecule has 3 aromatic carbocycles. The van der Waals surface area contributed by atoms with Crippen molar-refractivity contribution < 1.29 is 29.0 Å². The molecule has 1 unspecified atom stereocenters. The fourth-order valence-electron chi connectivity index (χ4n) is 10.0. The summed E-state index contributed by atoms with van der Waals surface area (Å²) in [7, 11) is 0. The predicted molar refractivity (Wildman–Crippen MR) is 264 cm³/mol. The van der Waals surface area contributed by atoms with Crippen LogP contribution in [-0.4, -0.2) is 75.5 Å². The lowest BCUT2D eigenvalue weighted by atomic mass is 9.49. The van der Waals surface area contributed by atoms with Gasteiger partial charge >= 0.3 is 0 Å². The van der Waals surface area contributed by atoms with Crippen LogP contribution >= 0.6 is 22.9 Å². The molecule has 67 heavy (non-hydrogen) atoms. The molecule has 12 nitrogen and oxygen atoms in total. The number of nitrogens with one attached hydrogen (secondary N) is 3. The number of carbonyl (C=O) groups is 4. The van der Waals surface area contributed by atoms with Crippen LogP contribution in [0.25, 0.3) is 10.4 Å². The molecule has 1 saturated carbocycles. The van der Waals surface area contributed by atoms with Gasteiger partial charge in [0.05, 0.1) is 38.8 Å². The van der Waals surface area contributed by atoms with Gasteiger partial charge in [-0.1, -0.05) is 116 Å². The number of likely N-dealkylation sites (tertiary alicyclic amines) is 1. The highest BCUT2D eigenvalue weighted by Gasteiger charge is 2.64. The number of aliphatic hydroxyl groups is 1. The van der Waals surface area contributed by atoms with Crippen molar-refractivity contribution in [3.05, 3.63) is 105 Å². The summed E-state index contributed by atoms with van der Waals surface area (Å²) in [6.45, 7) is 17.9. The number of thiazole rings is 1. The lowest BCUT2D eigenvalue weighted by Gasteiger charge is -2.63. The summed E-state index contributed by atoms with van der Waals surface area (Å²) in [4.78, 5) is 61.3. The van der Waals surface area contributed by atoms with Crippen LogP contribution in [-0.2, 0) is 20.8 Å². The number of ether oxygens (including phenoxy) is 1. The molecule has 1 saturated heterocycles. The van der Waals surface area contributed by atoms with E-state index in [0.29, 0.717) is 28.3 Å². The molecule has 14 heteroatoms. The zero-order valence-electron chi connectivity index (χ0n) is 40.4. The van der Waals surface area contributed by atoms with Crippen molar-refractivity contribution >= 4 is 46.6 Å². The van der Waals surface area contributed by atoms with Crippen LogP contribution < -0.4 is 20.7 Å². The first-order chi connectivity index (χ1) is 31.6. The fraction of sp³-hybridized carbons (Fsp3) is 0.509. The van der Waals surface area contributed by atoms with Gasteiger partial charge in [-0.25, -0.2) is 4.98 Å².